The van der Waals surface area contributed by atoms with E-state index in [1.54, 1.807) is 0 Å². The summed E-state index contributed by atoms with van der Waals surface area (Å²) < 4.78 is 5.46. The number of aliphatic hydroxyl groups excluding tert-OH is 2. The second-order valence-corrected chi connectivity index (χ2v) is 17.5. The molecule has 2 atom stereocenters. The highest BCUT2D eigenvalue weighted by molar-refractivity contribution is 5.76. The predicted molar refractivity (Wildman–Crippen MR) is 241 cm³/mol. The highest BCUT2D eigenvalue weighted by Gasteiger charge is 2.20. The quantitative estimate of drug-likeness (QED) is 0.0421. The van der Waals surface area contributed by atoms with Crippen LogP contribution in [0.25, 0.3) is 0 Å². The number of ether oxygens (including phenoxy) is 1. The summed E-state index contributed by atoms with van der Waals surface area (Å²) in [5.41, 5.74) is 0. The summed E-state index contributed by atoms with van der Waals surface area (Å²) in [6, 6.07) is -0.540. The van der Waals surface area contributed by atoms with E-state index in [4.69, 9.17) is 4.74 Å². The lowest BCUT2D eigenvalue weighted by molar-refractivity contribution is -0.143. The van der Waals surface area contributed by atoms with Crippen LogP contribution in [-0.4, -0.2) is 47.4 Å². The van der Waals surface area contributed by atoms with Gasteiger partial charge in [-0.15, -0.1) is 0 Å². The number of carbonyl (C=O) groups excluding carboxylic acids is 2. The largest absolute Gasteiger partial charge is 0.466 e. The summed E-state index contributed by atoms with van der Waals surface area (Å²) in [5.74, 6) is -0.0324. The van der Waals surface area contributed by atoms with Crippen LogP contribution in [0.3, 0.4) is 0 Å². The van der Waals surface area contributed by atoms with E-state index >= 15 is 0 Å². The Morgan fingerprint density at radius 1 is 0.429 bits per heavy atom. The number of unbranched alkanes of at least 4 members (excludes halogenated alkanes) is 36. The molecule has 0 aliphatic rings. The van der Waals surface area contributed by atoms with Gasteiger partial charge in [0.05, 0.1) is 25.4 Å². The van der Waals surface area contributed by atoms with Crippen LogP contribution in [0.5, 0.6) is 0 Å². The second kappa shape index (κ2) is 46.5. The Kier molecular flexibility index (Phi) is 45.6. The van der Waals surface area contributed by atoms with E-state index in [0.717, 1.165) is 38.5 Å². The fraction of sp³-hybridized carbons (Fsp3) is 0.960. The molecule has 3 N–H and O–H groups in total. The SMILES string of the molecule is CCCCCCCCCCCCCCC(=O)OCCCCCCCCCCCCCCCCCCCCC(=O)NC(CO)C(O)CCCCCCCCCCC. The number of rotatable bonds is 47. The van der Waals surface area contributed by atoms with Gasteiger partial charge in [-0.1, -0.05) is 245 Å². The lowest BCUT2D eigenvalue weighted by Gasteiger charge is -2.22. The first-order valence-electron chi connectivity index (χ1n) is 25.3. The first-order chi connectivity index (χ1) is 27.5. The highest BCUT2D eigenvalue weighted by atomic mass is 16.5. The number of aliphatic hydroxyl groups is 2. The molecule has 6 nitrogen and oxygen atoms in total. The summed E-state index contributed by atoms with van der Waals surface area (Å²) in [4.78, 5) is 24.4. The number of hydrogen-bond acceptors (Lipinski definition) is 5. The van der Waals surface area contributed by atoms with E-state index < -0.39 is 12.1 Å². The molecule has 0 saturated heterocycles. The molecule has 0 bridgehead atoms. The van der Waals surface area contributed by atoms with Crippen LogP contribution in [-0.2, 0) is 14.3 Å². The van der Waals surface area contributed by atoms with Crippen molar-refractivity contribution < 1.29 is 24.5 Å². The zero-order chi connectivity index (χ0) is 40.8. The van der Waals surface area contributed by atoms with Gasteiger partial charge in [0.25, 0.3) is 0 Å². The van der Waals surface area contributed by atoms with Crippen LogP contribution in [0.4, 0.5) is 0 Å². The van der Waals surface area contributed by atoms with E-state index in [1.807, 2.05) is 0 Å². The van der Waals surface area contributed by atoms with Crippen molar-refractivity contribution in [3.63, 3.8) is 0 Å². The molecule has 0 fully saturated rings. The Labute approximate surface area is 349 Å². The maximum absolute atomic E-state index is 12.4. The van der Waals surface area contributed by atoms with Gasteiger partial charge in [-0.3, -0.25) is 9.59 Å². The number of carbonyl (C=O) groups is 2. The molecule has 0 aliphatic heterocycles. The predicted octanol–water partition coefficient (Wildman–Crippen LogP) is 14.8. The average Bonchev–Trinajstić information content (AvgIpc) is 3.20. The maximum atomic E-state index is 12.4. The van der Waals surface area contributed by atoms with Crippen molar-refractivity contribution in [1.82, 2.24) is 5.32 Å². The summed E-state index contributed by atoms with van der Waals surface area (Å²) in [6.07, 6.45) is 50.8. The minimum Gasteiger partial charge on any atom is -0.466 e. The van der Waals surface area contributed by atoms with Crippen molar-refractivity contribution in [1.29, 1.82) is 0 Å². The second-order valence-electron chi connectivity index (χ2n) is 17.5. The molecule has 0 radical (unpaired) electrons. The third-order valence-corrected chi connectivity index (χ3v) is 11.9. The third-order valence-electron chi connectivity index (χ3n) is 11.9. The minimum absolute atomic E-state index is 0.00809. The third kappa shape index (κ3) is 42.5. The first kappa shape index (κ1) is 54.9. The molecule has 2 unspecified atom stereocenters. The monoisotopic (exact) mass is 794 g/mol. The lowest BCUT2D eigenvalue weighted by Crippen LogP contribution is -2.45. The number of esters is 1. The molecule has 56 heavy (non-hydrogen) atoms. The van der Waals surface area contributed by atoms with E-state index in [0.29, 0.717) is 25.9 Å². The lowest BCUT2D eigenvalue weighted by atomic mass is 10.0. The van der Waals surface area contributed by atoms with E-state index in [-0.39, 0.29) is 18.5 Å². The molecule has 6 heteroatoms. The van der Waals surface area contributed by atoms with E-state index in [1.165, 1.54) is 212 Å². The maximum Gasteiger partial charge on any atom is 0.305 e. The molecule has 0 aliphatic carbocycles. The smallest absolute Gasteiger partial charge is 0.305 e. The molecule has 334 valence electrons. The first-order valence-corrected chi connectivity index (χ1v) is 25.3. The normalized spacial score (nSPS) is 12.6. The molecule has 0 aromatic rings. The number of amides is 1. The summed E-state index contributed by atoms with van der Waals surface area (Å²) in [6.45, 7) is 4.93. The topological polar surface area (TPSA) is 95.9 Å². The minimum atomic E-state index is -0.663. The Morgan fingerprint density at radius 3 is 1.09 bits per heavy atom. The van der Waals surface area contributed by atoms with Crippen LogP contribution in [0.2, 0.25) is 0 Å². The van der Waals surface area contributed by atoms with Gasteiger partial charge in [0.15, 0.2) is 0 Å². The van der Waals surface area contributed by atoms with Gasteiger partial charge in [0.2, 0.25) is 5.91 Å². The van der Waals surface area contributed by atoms with Crippen molar-refractivity contribution in [2.24, 2.45) is 0 Å². The van der Waals surface area contributed by atoms with Crippen molar-refractivity contribution in [3.8, 4) is 0 Å². The molecular weight excluding hydrogens is 695 g/mol. The van der Waals surface area contributed by atoms with Crippen LogP contribution in [0.1, 0.15) is 284 Å². The van der Waals surface area contributed by atoms with Crippen LogP contribution >= 0.6 is 0 Å². The van der Waals surface area contributed by atoms with E-state index in [9.17, 15) is 19.8 Å². The van der Waals surface area contributed by atoms with Gasteiger partial charge in [0.1, 0.15) is 0 Å². The zero-order valence-corrected chi connectivity index (χ0v) is 37.9. The van der Waals surface area contributed by atoms with Gasteiger partial charge in [0, 0.05) is 12.8 Å². The molecular formula is C50H99NO5. The van der Waals surface area contributed by atoms with Gasteiger partial charge >= 0.3 is 5.97 Å². The molecule has 0 rings (SSSR count). The molecule has 0 aromatic heterocycles. The van der Waals surface area contributed by atoms with Crippen LogP contribution < -0.4 is 5.32 Å². The summed E-state index contributed by atoms with van der Waals surface area (Å²) in [7, 11) is 0. The summed E-state index contributed by atoms with van der Waals surface area (Å²) >= 11 is 0. The molecule has 0 heterocycles. The number of nitrogens with one attached hydrogen (secondary N) is 1. The summed E-state index contributed by atoms with van der Waals surface area (Å²) in [5, 5.41) is 23.1. The fourth-order valence-electron chi connectivity index (χ4n) is 7.99. The van der Waals surface area contributed by atoms with Gasteiger partial charge < -0.3 is 20.3 Å². The Morgan fingerprint density at radius 2 is 0.732 bits per heavy atom. The number of hydrogen-bond donors (Lipinski definition) is 3. The van der Waals surface area contributed by atoms with Crippen molar-refractivity contribution in [2.75, 3.05) is 13.2 Å². The van der Waals surface area contributed by atoms with E-state index in [2.05, 4.69) is 19.2 Å². The van der Waals surface area contributed by atoms with Crippen LogP contribution in [0, 0.1) is 0 Å². The Balaban J connectivity index is 3.37. The van der Waals surface area contributed by atoms with Crippen molar-refractivity contribution in [3.05, 3.63) is 0 Å². The van der Waals surface area contributed by atoms with Crippen molar-refractivity contribution in [2.45, 2.75) is 296 Å². The highest BCUT2D eigenvalue weighted by Crippen LogP contribution is 2.17. The molecule has 0 saturated carbocycles. The molecule has 0 aromatic carbocycles. The van der Waals surface area contributed by atoms with Gasteiger partial charge in [-0.05, 0) is 25.7 Å². The van der Waals surface area contributed by atoms with Crippen LogP contribution in [0.15, 0.2) is 0 Å². The fourth-order valence-corrected chi connectivity index (χ4v) is 7.99. The van der Waals surface area contributed by atoms with Gasteiger partial charge in [-0.2, -0.15) is 0 Å². The Hall–Kier alpha value is -1.14. The van der Waals surface area contributed by atoms with Gasteiger partial charge in [-0.25, -0.2) is 0 Å². The molecule has 1 amide bonds. The standard InChI is InChI=1S/C50H99NO5/c1-3-5-7-9-11-13-14-24-28-32-36-40-44-50(55)56-45-41-37-33-29-25-22-20-18-16-15-17-19-21-23-27-31-35-39-43-49(54)51-47(46-52)48(53)42-38-34-30-26-12-10-8-6-4-2/h47-48,52-53H,3-46H2,1-2H3,(H,51,54). The average molecular weight is 794 g/mol. The molecule has 0 spiro atoms. The Bertz CT molecular complexity index is 791. The zero-order valence-electron chi connectivity index (χ0n) is 37.9. The van der Waals surface area contributed by atoms with Crippen molar-refractivity contribution >= 4 is 11.9 Å².